The zero-order valence-electron chi connectivity index (χ0n) is 20.2. The van der Waals surface area contributed by atoms with E-state index in [1.165, 1.54) is 10.5 Å². The maximum absolute atomic E-state index is 6.14. The number of nitrogens with one attached hydrogen (secondary N) is 1. The number of ether oxygens (including phenoxy) is 4. The molecule has 0 aliphatic carbocycles. The van der Waals surface area contributed by atoms with Crippen molar-refractivity contribution in [2.75, 3.05) is 45.6 Å². The number of hydrogen-bond acceptors (Lipinski definition) is 7. The molecule has 3 aromatic carbocycles. The van der Waals surface area contributed by atoms with Crippen molar-refractivity contribution in [3.8, 4) is 17.2 Å². The van der Waals surface area contributed by atoms with E-state index in [1.807, 2.05) is 18.2 Å². The highest BCUT2D eigenvalue weighted by molar-refractivity contribution is 7.98. The number of fused-ring (bicyclic) bond motifs is 1. The van der Waals surface area contributed by atoms with Gasteiger partial charge >= 0.3 is 0 Å². The molecule has 1 atom stereocenters. The Kier molecular flexibility index (Phi) is 8.21. The molecular weight excluding hydrogens is 448 g/mol. The van der Waals surface area contributed by atoms with Crippen molar-refractivity contribution < 1.29 is 18.9 Å². The van der Waals surface area contributed by atoms with Gasteiger partial charge in [-0.3, -0.25) is 5.32 Å². The largest absolute Gasteiger partial charge is 0.493 e. The molecule has 34 heavy (non-hydrogen) atoms. The van der Waals surface area contributed by atoms with Crippen LogP contribution in [0.4, 0.5) is 11.4 Å². The summed E-state index contributed by atoms with van der Waals surface area (Å²) < 4.78 is 22.8. The van der Waals surface area contributed by atoms with Gasteiger partial charge in [0.05, 0.1) is 26.5 Å². The van der Waals surface area contributed by atoms with Gasteiger partial charge in [-0.15, -0.1) is 11.8 Å². The van der Waals surface area contributed by atoms with E-state index in [0.717, 1.165) is 35.7 Å². The molecule has 1 N–H and O–H groups in total. The van der Waals surface area contributed by atoms with Crippen molar-refractivity contribution in [3.63, 3.8) is 0 Å². The highest BCUT2D eigenvalue weighted by atomic mass is 32.2. The average molecular weight is 481 g/mol. The highest BCUT2D eigenvalue weighted by Crippen LogP contribution is 2.40. The van der Waals surface area contributed by atoms with Crippen LogP contribution < -0.4 is 24.4 Å². The molecule has 0 saturated heterocycles. The SMILES string of the molecule is COc1ccc(N2CCCOc3cc(C(NCc4ccc(SC)cc4)OC)ccc32)cc1OC. The summed E-state index contributed by atoms with van der Waals surface area (Å²) >= 11 is 1.74. The Morgan fingerprint density at radius 3 is 2.47 bits per heavy atom. The standard InChI is InChI=1S/C27H32N2O4S/c1-30-24-13-9-21(17-26(24)31-2)29-14-5-15-33-25-16-20(8-12-23(25)29)27(32-3)28-18-19-6-10-22(34-4)11-7-19/h6-13,16-17,27-28H,5,14-15,18H2,1-4H3. The third kappa shape index (κ3) is 5.43. The minimum absolute atomic E-state index is 0.244. The number of anilines is 2. The second kappa shape index (κ2) is 11.5. The summed E-state index contributed by atoms with van der Waals surface area (Å²) in [4.78, 5) is 3.52. The summed E-state index contributed by atoms with van der Waals surface area (Å²) in [5.41, 5.74) is 4.30. The molecule has 4 rings (SSSR count). The lowest BCUT2D eigenvalue weighted by Crippen LogP contribution is -2.23. The molecule has 0 radical (unpaired) electrons. The van der Waals surface area contributed by atoms with E-state index in [1.54, 1.807) is 33.1 Å². The second-order valence-electron chi connectivity index (χ2n) is 7.96. The van der Waals surface area contributed by atoms with Gasteiger partial charge in [-0.1, -0.05) is 18.2 Å². The Balaban J connectivity index is 1.56. The predicted octanol–water partition coefficient (Wildman–Crippen LogP) is 5.78. The van der Waals surface area contributed by atoms with Crippen molar-refractivity contribution in [3.05, 3.63) is 71.8 Å². The first-order chi connectivity index (χ1) is 16.7. The summed E-state index contributed by atoms with van der Waals surface area (Å²) in [5, 5.41) is 3.50. The monoisotopic (exact) mass is 480 g/mol. The van der Waals surface area contributed by atoms with Crippen LogP contribution in [0.25, 0.3) is 0 Å². The van der Waals surface area contributed by atoms with Crippen LogP contribution in [-0.2, 0) is 11.3 Å². The number of hydrogen-bond donors (Lipinski definition) is 1. The van der Waals surface area contributed by atoms with E-state index >= 15 is 0 Å². The fourth-order valence-electron chi connectivity index (χ4n) is 4.11. The van der Waals surface area contributed by atoms with Gasteiger partial charge in [0, 0.05) is 36.8 Å². The van der Waals surface area contributed by atoms with Crippen LogP contribution in [0.2, 0.25) is 0 Å². The summed E-state index contributed by atoms with van der Waals surface area (Å²) in [5.74, 6) is 2.26. The van der Waals surface area contributed by atoms with E-state index in [4.69, 9.17) is 18.9 Å². The Bertz CT molecular complexity index is 1090. The van der Waals surface area contributed by atoms with Crippen molar-refractivity contribution in [2.24, 2.45) is 0 Å². The number of benzene rings is 3. The summed E-state index contributed by atoms with van der Waals surface area (Å²) in [6, 6.07) is 20.8. The zero-order chi connectivity index (χ0) is 23.9. The van der Waals surface area contributed by atoms with Gasteiger partial charge in [-0.2, -0.15) is 0 Å². The fraction of sp³-hybridized carbons (Fsp3) is 0.333. The molecule has 0 amide bonds. The molecule has 0 bridgehead atoms. The van der Waals surface area contributed by atoms with Crippen LogP contribution in [0.5, 0.6) is 17.2 Å². The third-order valence-corrected chi connectivity index (χ3v) is 6.67. The van der Waals surface area contributed by atoms with Gasteiger partial charge < -0.3 is 23.8 Å². The molecule has 0 aromatic heterocycles. The predicted molar refractivity (Wildman–Crippen MR) is 138 cm³/mol. The minimum atomic E-state index is -0.244. The van der Waals surface area contributed by atoms with Gasteiger partial charge in [-0.05, 0) is 60.2 Å². The highest BCUT2D eigenvalue weighted by Gasteiger charge is 2.21. The first-order valence-electron chi connectivity index (χ1n) is 11.3. The number of methoxy groups -OCH3 is 3. The molecule has 180 valence electrons. The van der Waals surface area contributed by atoms with E-state index in [2.05, 4.69) is 58.9 Å². The van der Waals surface area contributed by atoms with Crippen molar-refractivity contribution >= 4 is 23.1 Å². The molecule has 7 heteroatoms. The molecule has 3 aromatic rings. The zero-order valence-corrected chi connectivity index (χ0v) is 21.0. The van der Waals surface area contributed by atoms with Crippen LogP contribution in [0.3, 0.4) is 0 Å². The summed E-state index contributed by atoms with van der Waals surface area (Å²) in [6.45, 7) is 2.22. The Labute approximate surface area is 206 Å². The maximum Gasteiger partial charge on any atom is 0.162 e. The lowest BCUT2D eigenvalue weighted by Gasteiger charge is -2.26. The maximum atomic E-state index is 6.14. The Morgan fingerprint density at radius 1 is 0.971 bits per heavy atom. The molecule has 1 aliphatic rings. The second-order valence-corrected chi connectivity index (χ2v) is 8.84. The average Bonchev–Trinajstić information content (AvgIpc) is 3.11. The van der Waals surface area contributed by atoms with Crippen LogP contribution in [0.1, 0.15) is 23.8 Å². The first-order valence-corrected chi connectivity index (χ1v) is 12.5. The van der Waals surface area contributed by atoms with Crippen molar-refractivity contribution in [1.29, 1.82) is 0 Å². The lowest BCUT2D eigenvalue weighted by atomic mass is 10.1. The van der Waals surface area contributed by atoms with Crippen LogP contribution >= 0.6 is 11.8 Å². The van der Waals surface area contributed by atoms with E-state index in [0.29, 0.717) is 24.7 Å². The van der Waals surface area contributed by atoms with Gasteiger partial charge in [0.2, 0.25) is 0 Å². The molecule has 1 heterocycles. The third-order valence-electron chi connectivity index (χ3n) is 5.93. The molecule has 0 spiro atoms. The van der Waals surface area contributed by atoms with Gasteiger partial charge in [0.25, 0.3) is 0 Å². The fourth-order valence-corrected chi connectivity index (χ4v) is 4.52. The van der Waals surface area contributed by atoms with Gasteiger partial charge in [-0.25, -0.2) is 0 Å². The number of nitrogens with zero attached hydrogens (tertiary/aromatic N) is 1. The number of thioether (sulfide) groups is 1. The van der Waals surface area contributed by atoms with E-state index in [-0.39, 0.29) is 6.23 Å². The van der Waals surface area contributed by atoms with Crippen LogP contribution in [-0.4, -0.2) is 40.7 Å². The Hall–Kier alpha value is -2.87. The van der Waals surface area contributed by atoms with E-state index < -0.39 is 0 Å². The molecule has 1 aliphatic heterocycles. The van der Waals surface area contributed by atoms with Gasteiger partial charge in [0.1, 0.15) is 12.0 Å². The normalized spacial score (nSPS) is 14.1. The molecule has 0 saturated carbocycles. The van der Waals surface area contributed by atoms with E-state index in [9.17, 15) is 0 Å². The topological polar surface area (TPSA) is 52.2 Å². The molecule has 1 unspecified atom stereocenters. The number of rotatable bonds is 9. The summed E-state index contributed by atoms with van der Waals surface area (Å²) in [7, 11) is 5.02. The van der Waals surface area contributed by atoms with Gasteiger partial charge in [0.15, 0.2) is 11.5 Å². The quantitative estimate of drug-likeness (QED) is 0.308. The smallest absolute Gasteiger partial charge is 0.162 e. The Morgan fingerprint density at radius 2 is 1.76 bits per heavy atom. The lowest BCUT2D eigenvalue weighted by molar-refractivity contribution is 0.0719. The van der Waals surface area contributed by atoms with Crippen LogP contribution in [0, 0.1) is 0 Å². The first kappa shape index (κ1) is 24.3. The van der Waals surface area contributed by atoms with Crippen molar-refractivity contribution in [2.45, 2.75) is 24.1 Å². The molecule has 6 nitrogen and oxygen atoms in total. The van der Waals surface area contributed by atoms with Crippen molar-refractivity contribution in [1.82, 2.24) is 5.32 Å². The molecule has 0 fully saturated rings. The minimum Gasteiger partial charge on any atom is -0.493 e. The van der Waals surface area contributed by atoms with Crippen LogP contribution in [0.15, 0.2) is 65.6 Å². The molecular formula is C27H32N2O4S. The summed E-state index contributed by atoms with van der Waals surface area (Å²) in [6.07, 6.45) is 2.75.